The minimum atomic E-state index is -0.0412. The van der Waals surface area contributed by atoms with Crippen molar-refractivity contribution in [3.8, 4) is 0 Å². The maximum Gasteiger partial charge on any atom is 0.239 e. The Hall–Kier alpha value is -1.10. The number of amides is 2. The Morgan fingerprint density at radius 1 is 1.00 bits per heavy atom. The van der Waals surface area contributed by atoms with Gasteiger partial charge in [0.25, 0.3) is 0 Å². The molecule has 2 amide bonds. The zero-order chi connectivity index (χ0) is 19.7. The van der Waals surface area contributed by atoms with Crippen LogP contribution in [0.25, 0.3) is 0 Å². The molecule has 0 spiro atoms. The van der Waals surface area contributed by atoms with E-state index in [0.717, 1.165) is 30.8 Å². The van der Waals surface area contributed by atoms with Gasteiger partial charge in [-0.15, -0.1) is 0 Å². The Balaban J connectivity index is 1.16. The lowest BCUT2D eigenvalue weighted by Crippen LogP contribution is -2.49. The van der Waals surface area contributed by atoms with Crippen LogP contribution < -0.4 is 10.6 Å². The smallest absolute Gasteiger partial charge is 0.239 e. The number of nitrogens with one attached hydrogen (secondary N) is 2. The third-order valence-corrected chi connectivity index (χ3v) is 8.02. The fraction of sp³-hybridized carbons (Fsp3) is 0.913. The molecule has 1 heterocycles. The van der Waals surface area contributed by atoms with Crippen molar-refractivity contribution >= 4 is 11.8 Å². The molecule has 5 heteroatoms. The van der Waals surface area contributed by atoms with Crippen molar-refractivity contribution in [1.29, 1.82) is 0 Å². The monoisotopic (exact) mass is 389 g/mol. The summed E-state index contributed by atoms with van der Waals surface area (Å²) in [6.45, 7) is 7.57. The Morgan fingerprint density at radius 2 is 1.64 bits per heavy atom. The molecule has 1 unspecified atom stereocenters. The first-order valence-corrected chi connectivity index (χ1v) is 11.7. The molecular weight excluding hydrogens is 350 g/mol. The van der Waals surface area contributed by atoms with Gasteiger partial charge in [-0.2, -0.15) is 0 Å². The average molecular weight is 390 g/mol. The van der Waals surface area contributed by atoms with E-state index in [0.29, 0.717) is 18.4 Å². The summed E-state index contributed by atoms with van der Waals surface area (Å²) < 4.78 is 0. The van der Waals surface area contributed by atoms with Gasteiger partial charge in [-0.05, 0) is 101 Å². The Kier molecular flexibility index (Phi) is 6.01. The minimum absolute atomic E-state index is 0.0412. The molecule has 5 fully saturated rings. The van der Waals surface area contributed by atoms with Crippen LogP contribution in [-0.4, -0.2) is 48.9 Å². The number of piperidine rings is 1. The van der Waals surface area contributed by atoms with Crippen molar-refractivity contribution in [1.82, 2.24) is 15.5 Å². The van der Waals surface area contributed by atoms with Crippen LogP contribution in [0.5, 0.6) is 0 Å². The highest BCUT2D eigenvalue weighted by Crippen LogP contribution is 2.61. The van der Waals surface area contributed by atoms with Gasteiger partial charge in [0.1, 0.15) is 0 Å². The standard InChI is InChI=1S/C23H39N3O2/c1-16(2)26-5-3-4-17(15-26)13-24-22(28)14-25-21(27)12-23-9-18-6-19(10-23)8-20(7-18)11-23/h16-20H,3-15H2,1-2H3,(H,24,28)(H,25,27). The average Bonchev–Trinajstić information content (AvgIpc) is 2.63. The summed E-state index contributed by atoms with van der Waals surface area (Å²) in [6.07, 6.45) is 11.0. The fourth-order valence-corrected chi connectivity index (χ4v) is 7.14. The van der Waals surface area contributed by atoms with Gasteiger partial charge in [0.2, 0.25) is 11.8 Å². The van der Waals surface area contributed by atoms with Crippen LogP contribution in [0.2, 0.25) is 0 Å². The third kappa shape index (κ3) is 4.72. The van der Waals surface area contributed by atoms with E-state index in [-0.39, 0.29) is 23.8 Å². The van der Waals surface area contributed by atoms with Crippen LogP contribution in [0.4, 0.5) is 0 Å². The molecule has 1 saturated heterocycles. The van der Waals surface area contributed by atoms with Crippen molar-refractivity contribution in [3.05, 3.63) is 0 Å². The van der Waals surface area contributed by atoms with Crippen molar-refractivity contribution in [2.45, 2.75) is 77.7 Å². The van der Waals surface area contributed by atoms with E-state index in [9.17, 15) is 9.59 Å². The van der Waals surface area contributed by atoms with Gasteiger partial charge in [0, 0.05) is 25.6 Å². The van der Waals surface area contributed by atoms with Crippen molar-refractivity contribution in [2.75, 3.05) is 26.2 Å². The topological polar surface area (TPSA) is 61.4 Å². The molecule has 0 aromatic carbocycles. The largest absolute Gasteiger partial charge is 0.354 e. The van der Waals surface area contributed by atoms with Crippen molar-refractivity contribution < 1.29 is 9.59 Å². The van der Waals surface area contributed by atoms with E-state index < -0.39 is 0 Å². The van der Waals surface area contributed by atoms with Crippen molar-refractivity contribution in [2.24, 2.45) is 29.1 Å². The second-order valence-corrected chi connectivity index (χ2v) is 10.8. The zero-order valence-corrected chi connectivity index (χ0v) is 17.8. The number of carbonyl (C=O) groups is 2. The molecule has 158 valence electrons. The van der Waals surface area contributed by atoms with Crippen LogP contribution in [0.1, 0.15) is 71.6 Å². The van der Waals surface area contributed by atoms with Crippen LogP contribution >= 0.6 is 0 Å². The Labute approximate surface area is 170 Å². The number of hydrogen-bond donors (Lipinski definition) is 2. The van der Waals surface area contributed by atoms with Gasteiger partial charge in [0.15, 0.2) is 0 Å². The normalized spacial score (nSPS) is 37.2. The SMILES string of the molecule is CC(C)N1CCCC(CNC(=O)CNC(=O)CC23CC4CC(CC(C4)C2)C3)C1. The molecule has 5 nitrogen and oxygen atoms in total. The van der Waals surface area contributed by atoms with Crippen LogP contribution in [0.15, 0.2) is 0 Å². The molecule has 2 N–H and O–H groups in total. The summed E-state index contributed by atoms with van der Waals surface area (Å²) in [5, 5.41) is 5.96. The van der Waals surface area contributed by atoms with Crippen LogP contribution in [-0.2, 0) is 9.59 Å². The van der Waals surface area contributed by atoms with E-state index in [1.807, 2.05) is 0 Å². The first-order valence-electron chi connectivity index (χ1n) is 11.7. The molecule has 5 aliphatic rings. The quantitative estimate of drug-likeness (QED) is 0.704. The summed E-state index contributed by atoms with van der Waals surface area (Å²) in [5.74, 6) is 3.17. The molecule has 0 radical (unpaired) electrons. The predicted octanol–water partition coefficient (Wildman–Crippen LogP) is 2.95. The molecule has 1 atom stereocenters. The minimum Gasteiger partial charge on any atom is -0.354 e. The Bertz CT molecular complexity index is 553. The molecular formula is C23H39N3O2. The molecule has 1 aliphatic heterocycles. The number of nitrogens with zero attached hydrogens (tertiary/aromatic N) is 1. The van der Waals surface area contributed by atoms with Gasteiger partial charge < -0.3 is 15.5 Å². The maximum atomic E-state index is 12.6. The fourth-order valence-electron chi connectivity index (χ4n) is 7.14. The van der Waals surface area contributed by atoms with Crippen LogP contribution in [0.3, 0.4) is 0 Å². The van der Waals surface area contributed by atoms with Crippen LogP contribution in [0, 0.1) is 29.1 Å². The third-order valence-electron chi connectivity index (χ3n) is 8.02. The first kappa shape index (κ1) is 20.2. The number of carbonyl (C=O) groups excluding carboxylic acids is 2. The second-order valence-electron chi connectivity index (χ2n) is 10.8. The highest BCUT2D eigenvalue weighted by molar-refractivity contribution is 5.84. The van der Waals surface area contributed by atoms with Gasteiger partial charge >= 0.3 is 0 Å². The maximum absolute atomic E-state index is 12.6. The lowest BCUT2D eigenvalue weighted by atomic mass is 9.49. The van der Waals surface area contributed by atoms with E-state index in [1.54, 1.807) is 0 Å². The van der Waals surface area contributed by atoms with Crippen molar-refractivity contribution in [3.63, 3.8) is 0 Å². The van der Waals surface area contributed by atoms with E-state index in [4.69, 9.17) is 0 Å². The van der Waals surface area contributed by atoms with E-state index in [1.165, 1.54) is 57.9 Å². The zero-order valence-electron chi connectivity index (χ0n) is 17.8. The summed E-state index contributed by atoms with van der Waals surface area (Å²) in [6, 6.07) is 0.572. The number of hydrogen-bond acceptors (Lipinski definition) is 3. The molecule has 4 aliphatic carbocycles. The van der Waals surface area contributed by atoms with Gasteiger partial charge in [-0.1, -0.05) is 0 Å². The summed E-state index contributed by atoms with van der Waals surface area (Å²) in [7, 11) is 0. The lowest BCUT2D eigenvalue weighted by molar-refractivity contribution is -0.132. The molecule has 5 rings (SSSR count). The first-order chi connectivity index (χ1) is 13.4. The molecule has 0 aromatic rings. The molecule has 28 heavy (non-hydrogen) atoms. The summed E-state index contributed by atoms with van der Waals surface area (Å²) >= 11 is 0. The molecule has 4 saturated carbocycles. The highest BCUT2D eigenvalue weighted by atomic mass is 16.2. The summed E-state index contributed by atoms with van der Waals surface area (Å²) in [4.78, 5) is 27.3. The van der Waals surface area contributed by atoms with E-state index in [2.05, 4.69) is 29.4 Å². The molecule has 4 bridgehead atoms. The second kappa shape index (κ2) is 8.33. The summed E-state index contributed by atoms with van der Waals surface area (Å²) in [5.41, 5.74) is 0.248. The molecule has 0 aromatic heterocycles. The predicted molar refractivity (Wildman–Crippen MR) is 111 cm³/mol. The van der Waals surface area contributed by atoms with Gasteiger partial charge in [-0.3, -0.25) is 9.59 Å². The van der Waals surface area contributed by atoms with E-state index >= 15 is 0 Å². The number of likely N-dealkylation sites (tertiary alicyclic amines) is 1. The van der Waals surface area contributed by atoms with Gasteiger partial charge in [0.05, 0.1) is 6.54 Å². The number of rotatable bonds is 7. The Morgan fingerprint density at radius 3 is 2.25 bits per heavy atom. The van der Waals surface area contributed by atoms with Gasteiger partial charge in [-0.25, -0.2) is 0 Å². The highest BCUT2D eigenvalue weighted by Gasteiger charge is 2.51. The lowest BCUT2D eigenvalue weighted by Gasteiger charge is -2.56.